The zero-order valence-electron chi connectivity index (χ0n) is 12.4. The molecule has 1 aromatic carbocycles. The van der Waals surface area contributed by atoms with Gasteiger partial charge in [0.25, 0.3) is 5.91 Å². The number of anilines is 1. The molecule has 0 spiro atoms. The minimum atomic E-state index is -0.373. The van der Waals surface area contributed by atoms with Crippen LogP contribution in [0.3, 0.4) is 0 Å². The predicted molar refractivity (Wildman–Crippen MR) is 81.1 cm³/mol. The van der Waals surface area contributed by atoms with Crippen LogP contribution in [0, 0.1) is 0 Å². The van der Waals surface area contributed by atoms with E-state index in [1.165, 1.54) is 0 Å². The van der Waals surface area contributed by atoms with Crippen molar-refractivity contribution >= 4 is 11.6 Å². The fraction of sp³-hybridized carbons (Fsp3) is 0.562. The van der Waals surface area contributed by atoms with Crippen LogP contribution in [0.5, 0.6) is 0 Å². The van der Waals surface area contributed by atoms with Gasteiger partial charge in [0.05, 0.1) is 6.10 Å². The summed E-state index contributed by atoms with van der Waals surface area (Å²) >= 11 is 0. The number of rotatable bonds is 4. The maximum atomic E-state index is 12.4. The first-order valence-corrected chi connectivity index (χ1v) is 7.48. The molecule has 1 heterocycles. The van der Waals surface area contributed by atoms with Crippen LogP contribution >= 0.6 is 0 Å². The largest absolute Gasteiger partial charge is 0.391 e. The van der Waals surface area contributed by atoms with Gasteiger partial charge in [-0.25, -0.2) is 0 Å². The van der Waals surface area contributed by atoms with Gasteiger partial charge >= 0.3 is 0 Å². The number of β-amino-alcohol motifs (C(OH)–C–C–N with tert-alkyl or cyclic N) is 1. The summed E-state index contributed by atoms with van der Waals surface area (Å²) in [6.07, 6.45) is 1.30. The van der Waals surface area contributed by atoms with Crippen molar-refractivity contribution in [2.45, 2.75) is 32.8 Å². The molecule has 4 nitrogen and oxygen atoms in total. The molecule has 1 aliphatic rings. The van der Waals surface area contributed by atoms with E-state index in [1.807, 2.05) is 24.3 Å². The minimum Gasteiger partial charge on any atom is -0.391 e. The first-order chi connectivity index (χ1) is 9.65. The van der Waals surface area contributed by atoms with Crippen LogP contribution in [0.2, 0.25) is 0 Å². The van der Waals surface area contributed by atoms with Crippen molar-refractivity contribution < 1.29 is 9.90 Å². The van der Waals surface area contributed by atoms with Crippen LogP contribution in [0.25, 0.3) is 0 Å². The second-order valence-corrected chi connectivity index (χ2v) is 5.27. The second kappa shape index (κ2) is 6.75. The fourth-order valence-corrected chi connectivity index (χ4v) is 2.73. The molecule has 20 heavy (non-hydrogen) atoms. The lowest BCUT2D eigenvalue weighted by molar-refractivity contribution is 0.0474. The van der Waals surface area contributed by atoms with Crippen molar-refractivity contribution in [2.24, 2.45) is 0 Å². The summed E-state index contributed by atoms with van der Waals surface area (Å²) in [6, 6.07) is 7.77. The van der Waals surface area contributed by atoms with Crippen molar-refractivity contribution in [3.63, 3.8) is 0 Å². The van der Waals surface area contributed by atoms with Gasteiger partial charge in [0.1, 0.15) is 0 Å². The number of carbonyl (C=O) groups excluding carboxylic acids is 1. The maximum Gasteiger partial charge on any atom is 0.253 e. The number of hydrogen-bond donors (Lipinski definition) is 1. The summed E-state index contributed by atoms with van der Waals surface area (Å²) in [5.74, 6) is 0.0230. The highest BCUT2D eigenvalue weighted by Crippen LogP contribution is 2.18. The van der Waals surface area contributed by atoms with Gasteiger partial charge in [0.15, 0.2) is 0 Å². The first kappa shape index (κ1) is 14.9. The molecule has 0 aliphatic carbocycles. The minimum absolute atomic E-state index is 0.0230. The molecular formula is C16H24N2O2. The van der Waals surface area contributed by atoms with Crippen molar-refractivity contribution in [3.05, 3.63) is 29.8 Å². The normalized spacial score (nSPS) is 18.9. The van der Waals surface area contributed by atoms with Crippen molar-refractivity contribution in [1.82, 2.24) is 4.90 Å². The molecule has 1 aliphatic heterocycles. The van der Waals surface area contributed by atoms with Crippen LogP contribution in [-0.4, -0.2) is 48.2 Å². The van der Waals surface area contributed by atoms with Crippen molar-refractivity contribution in [2.75, 3.05) is 31.1 Å². The quantitative estimate of drug-likeness (QED) is 0.916. The Bertz CT molecular complexity index is 440. The number of hydrogen-bond acceptors (Lipinski definition) is 3. The molecule has 4 heteroatoms. The molecule has 0 bridgehead atoms. The number of aliphatic hydroxyl groups is 1. The van der Waals surface area contributed by atoms with Crippen LogP contribution in [0.15, 0.2) is 24.3 Å². The topological polar surface area (TPSA) is 43.8 Å². The van der Waals surface area contributed by atoms with E-state index in [-0.39, 0.29) is 12.0 Å². The molecule has 0 unspecified atom stereocenters. The van der Waals surface area contributed by atoms with Crippen LogP contribution in [0.1, 0.15) is 37.0 Å². The maximum absolute atomic E-state index is 12.4. The SMILES string of the molecule is CCN(CC)c1ccc(C(=O)N2CCC[C@H](O)C2)cc1. The van der Waals surface area contributed by atoms with E-state index in [9.17, 15) is 9.90 Å². The van der Waals surface area contributed by atoms with E-state index in [0.717, 1.165) is 38.2 Å². The highest BCUT2D eigenvalue weighted by molar-refractivity contribution is 5.94. The van der Waals surface area contributed by atoms with Gasteiger partial charge < -0.3 is 14.9 Å². The molecule has 0 radical (unpaired) electrons. The Balaban J connectivity index is 2.07. The third kappa shape index (κ3) is 3.31. The summed E-state index contributed by atoms with van der Waals surface area (Å²) in [7, 11) is 0. The second-order valence-electron chi connectivity index (χ2n) is 5.27. The lowest BCUT2D eigenvalue weighted by atomic mass is 10.1. The molecule has 0 aromatic heterocycles. The van der Waals surface area contributed by atoms with E-state index < -0.39 is 0 Å². The Morgan fingerprint density at radius 2 is 1.95 bits per heavy atom. The Labute approximate surface area is 121 Å². The highest BCUT2D eigenvalue weighted by Gasteiger charge is 2.22. The number of likely N-dealkylation sites (tertiary alicyclic amines) is 1. The number of aliphatic hydroxyl groups excluding tert-OH is 1. The van der Waals surface area contributed by atoms with E-state index in [2.05, 4.69) is 18.7 Å². The summed E-state index contributed by atoms with van der Waals surface area (Å²) in [6.45, 7) is 7.36. The van der Waals surface area contributed by atoms with Gasteiger partial charge in [-0.05, 0) is 51.0 Å². The average Bonchev–Trinajstić information content (AvgIpc) is 2.48. The molecule has 1 atom stereocenters. The van der Waals surface area contributed by atoms with Crippen LogP contribution < -0.4 is 4.90 Å². The molecule has 110 valence electrons. The smallest absolute Gasteiger partial charge is 0.253 e. The highest BCUT2D eigenvalue weighted by atomic mass is 16.3. The number of piperidine rings is 1. The predicted octanol–water partition coefficient (Wildman–Crippen LogP) is 2.13. The van der Waals surface area contributed by atoms with Gasteiger partial charge in [0.2, 0.25) is 0 Å². The third-order valence-electron chi connectivity index (χ3n) is 3.93. The summed E-state index contributed by atoms with van der Waals surface area (Å²) in [5.41, 5.74) is 1.85. The third-order valence-corrected chi connectivity index (χ3v) is 3.93. The Hall–Kier alpha value is -1.55. The first-order valence-electron chi connectivity index (χ1n) is 7.48. The lowest BCUT2D eigenvalue weighted by Crippen LogP contribution is -2.42. The number of nitrogens with zero attached hydrogens (tertiary/aromatic N) is 2. The summed E-state index contributed by atoms with van der Waals surface area (Å²) < 4.78 is 0. The van der Waals surface area contributed by atoms with Gasteiger partial charge in [-0.2, -0.15) is 0 Å². The fourth-order valence-electron chi connectivity index (χ4n) is 2.73. The van der Waals surface area contributed by atoms with Gasteiger partial charge in [-0.3, -0.25) is 4.79 Å². The molecule has 1 saturated heterocycles. The van der Waals surface area contributed by atoms with E-state index in [1.54, 1.807) is 4.90 Å². The molecule has 1 fully saturated rings. The van der Waals surface area contributed by atoms with E-state index in [0.29, 0.717) is 12.1 Å². The number of benzene rings is 1. The molecular weight excluding hydrogens is 252 g/mol. The van der Waals surface area contributed by atoms with E-state index in [4.69, 9.17) is 0 Å². The van der Waals surface area contributed by atoms with E-state index >= 15 is 0 Å². The molecule has 2 rings (SSSR count). The average molecular weight is 276 g/mol. The molecule has 1 aromatic rings. The number of carbonyl (C=O) groups is 1. The molecule has 1 amide bonds. The molecule has 1 N–H and O–H groups in total. The van der Waals surface area contributed by atoms with Crippen molar-refractivity contribution in [1.29, 1.82) is 0 Å². The Morgan fingerprint density at radius 3 is 2.50 bits per heavy atom. The van der Waals surface area contributed by atoms with Crippen LogP contribution in [-0.2, 0) is 0 Å². The summed E-state index contributed by atoms with van der Waals surface area (Å²) in [5, 5.41) is 9.66. The van der Waals surface area contributed by atoms with Gasteiger partial charge in [-0.1, -0.05) is 0 Å². The lowest BCUT2D eigenvalue weighted by Gasteiger charge is -2.30. The Kier molecular flexibility index (Phi) is 5.01. The Morgan fingerprint density at radius 1 is 1.30 bits per heavy atom. The van der Waals surface area contributed by atoms with Gasteiger partial charge in [-0.15, -0.1) is 0 Å². The molecule has 0 saturated carbocycles. The van der Waals surface area contributed by atoms with Gasteiger partial charge in [0, 0.05) is 37.4 Å². The summed E-state index contributed by atoms with van der Waals surface area (Å²) in [4.78, 5) is 16.4. The van der Waals surface area contributed by atoms with Crippen molar-refractivity contribution in [3.8, 4) is 0 Å². The monoisotopic (exact) mass is 276 g/mol. The zero-order valence-corrected chi connectivity index (χ0v) is 12.4. The number of amides is 1. The van der Waals surface area contributed by atoms with Crippen LogP contribution in [0.4, 0.5) is 5.69 Å². The standard InChI is InChI=1S/C16H24N2O2/c1-3-17(4-2)14-9-7-13(8-10-14)16(20)18-11-5-6-15(19)12-18/h7-10,15,19H,3-6,11-12H2,1-2H3/t15-/m0/s1. The zero-order chi connectivity index (χ0) is 14.5.